The van der Waals surface area contributed by atoms with E-state index in [1.54, 1.807) is 18.3 Å². The van der Waals surface area contributed by atoms with Gasteiger partial charge in [-0.15, -0.1) is 0 Å². The minimum absolute atomic E-state index is 0.0755. The number of fused-ring (bicyclic) bond motifs is 1. The van der Waals surface area contributed by atoms with E-state index in [4.69, 9.17) is 17.2 Å². The molecule has 0 aliphatic carbocycles. The Morgan fingerprint density at radius 1 is 0.875 bits per heavy atom. The third kappa shape index (κ3) is 9.69. The van der Waals surface area contributed by atoms with Crippen molar-refractivity contribution in [1.82, 2.24) is 20.9 Å². The van der Waals surface area contributed by atoms with Gasteiger partial charge in [0.25, 0.3) is 0 Å². The molecule has 2 rings (SSSR count). The van der Waals surface area contributed by atoms with Gasteiger partial charge in [0.05, 0.1) is 12.5 Å². The van der Waals surface area contributed by atoms with Crippen molar-refractivity contribution in [2.75, 3.05) is 0 Å². The van der Waals surface area contributed by atoms with Crippen LogP contribution in [0.5, 0.6) is 0 Å². The van der Waals surface area contributed by atoms with Gasteiger partial charge < -0.3 is 43.2 Å². The lowest BCUT2D eigenvalue weighted by Gasteiger charge is -2.25. The Balaban J connectivity index is 2.34. The smallest absolute Gasteiger partial charge is 0.326 e. The number of hydrogen-bond donors (Lipinski definition) is 8. The highest BCUT2D eigenvalue weighted by atomic mass is 16.4. The molecule has 218 valence electrons. The fourth-order valence-corrected chi connectivity index (χ4v) is 4.12. The Labute approximate surface area is 230 Å². The van der Waals surface area contributed by atoms with Gasteiger partial charge in [0, 0.05) is 29.9 Å². The number of carboxylic acids is 1. The lowest BCUT2D eigenvalue weighted by molar-refractivity contribution is -0.143. The van der Waals surface area contributed by atoms with E-state index >= 15 is 0 Å². The maximum atomic E-state index is 13.3. The van der Waals surface area contributed by atoms with Gasteiger partial charge in [0.2, 0.25) is 29.5 Å². The van der Waals surface area contributed by atoms with Gasteiger partial charge in [-0.1, -0.05) is 32.0 Å². The summed E-state index contributed by atoms with van der Waals surface area (Å²) in [5.74, 6) is -5.37. The summed E-state index contributed by atoms with van der Waals surface area (Å²) in [5.41, 5.74) is 17.7. The first-order valence-electron chi connectivity index (χ1n) is 12.8. The Kier molecular flexibility index (Phi) is 11.6. The number of primary amides is 2. The summed E-state index contributed by atoms with van der Waals surface area (Å²) in [7, 11) is 0. The molecule has 0 saturated heterocycles. The normalized spacial score (nSPS) is 14.1. The van der Waals surface area contributed by atoms with Crippen LogP contribution in [0.15, 0.2) is 30.5 Å². The Morgan fingerprint density at radius 2 is 1.48 bits per heavy atom. The van der Waals surface area contributed by atoms with E-state index < -0.39 is 66.1 Å². The van der Waals surface area contributed by atoms with Gasteiger partial charge in [0.1, 0.15) is 18.1 Å². The number of carboxylic acid groups (broad SMARTS) is 1. The molecule has 0 radical (unpaired) electrons. The molecule has 11 N–H and O–H groups in total. The van der Waals surface area contributed by atoms with Crippen LogP contribution < -0.4 is 33.2 Å². The van der Waals surface area contributed by atoms with Crippen molar-refractivity contribution < 1.29 is 33.9 Å². The average molecular weight is 560 g/mol. The number of carbonyl (C=O) groups excluding carboxylic acids is 5. The first kappa shape index (κ1) is 31.8. The number of aromatic amines is 1. The molecule has 1 aromatic heterocycles. The number of nitrogens with two attached hydrogens (primary N) is 3. The second kappa shape index (κ2) is 14.6. The molecular weight excluding hydrogens is 522 g/mol. The third-order valence-corrected chi connectivity index (χ3v) is 6.13. The number of aromatic nitrogens is 1. The van der Waals surface area contributed by atoms with Gasteiger partial charge >= 0.3 is 5.97 Å². The van der Waals surface area contributed by atoms with Crippen molar-refractivity contribution in [2.24, 2.45) is 23.1 Å². The lowest BCUT2D eigenvalue weighted by atomic mass is 10.0. The maximum absolute atomic E-state index is 13.3. The SMILES string of the molecule is CC(C)CC(N)C(=O)NC(CCC(N)=O)C(=O)NC(Cc1c[nH]c2ccccc12)C(=O)NC(CC(N)=O)C(=O)O. The maximum Gasteiger partial charge on any atom is 0.326 e. The number of para-hydroxylation sites is 1. The number of H-pyrrole nitrogens is 1. The molecule has 0 bridgehead atoms. The fourth-order valence-electron chi connectivity index (χ4n) is 4.12. The van der Waals surface area contributed by atoms with E-state index in [9.17, 15) is 33.9 Å². The first-order valence-corrected chi connectivity index (χ1v) is 12.8. The monoisotopic (exact) mass is 559 g/mol. The predicted molar refractivity (Wildman–Crippen MR) is 145 cm³/mol. The molecule has 0 spiro atoms. The van der Waals surface area contributed by atoms with Gasteiger partial charge in [-0.25, -0.2) is 4.79 Å². The van der Waals surface area contributed by atoms with Crippen LogP contribution in [-0.4, -0.2) is 69.8 Å². The summed E-state index contributed by atoms with van der Waals surface area (Å²) in [6, 6.07) is 2.07. The Morgan fingerprint density at radius 3 is 2.08 bits per heavy atom. The molecule has 0 aliphatic heterocycles. The summed E-state index contributed by atoms with van der Waals surface area (Å²) >= 11 is 0. The van der Waals surface area contributed by atoms with E-state index in [-0.39, 0.29) is 25.2 Å². The summed E-state index contributed by atoms with van der Waals surface area (Å²) in [6.07, 6.45) is 0.844. The van der Waals surface area contributed by atoms with Crippen LogP contribution in [-0.2, 0) is 35.2 Å². The number of rotatable bonds is 16. The van der Waals surface area contributed by atoms with E-state index in [0.717, 1.165) is 10.9 Å². The van der Waals surface area contributed by atoms with E-state index in [0.29, 0.717) is 12.0 Å². The summed E-state index contributed by atoms with van der Waals surface area (Å²) < 4.78 is 0. The van der Waals surface area contributed by atoms with Gasteiger partial charge in [-0.3, -0.25) is 24.0 Å². The number of amides is 5. The quantitative estimate of drug-likeness (QED) is 0.123. The van der Waals surface area contributed by atoms with Crippen LogP contribution in [0.25, 0.3) is 10.9 Å². The zero-order valence-corrected chi connectivity index (χ0v) is 22.4. The molecule has 0 aliphatic rings. The second-order valence-corrected chi connectivity index (χ2v) is 10.00. The van der Waals surface area contributed by atoms with Crippen molar-refractivity contribution in [3.63, 3.8) is 0 Å². The number of aliphatic carboxylic acids is 1. The van der Waals surface area contributed by atoms with Gasteiger partial charge in [0.15, 0.2) is 0 Å². The minimum Gasteiger partial charge on any atom is -0.480 e. The van der Waals surface area contributed by atoms with Crippen LogP contribution in [0.2, 0.25) is 0 Å². The zero-order valence-electron chi connectivity index (χ0n) is 22.4. The molecule has 5 amide bonds. The molecule has 14 nitrogen and oxygen atoms in total. The summed E-state index contributed by atoms with van der Waals surface area (Å²) in [6.45, 7) is 3.75. The molecular formula is C26H37N7O7. The molecule has 4 unspecified atom stereocenters. The molecule has 0 fully saturated rings. The van der Waals surface area contributed by atoms with Crippen LogP contribution in [0.1, 0.15) is 45.1 Å². The standard InChI is InChI=1S/C26H37N7O7/c1-13(2)9-16(27)23(36)31-18(7-8-21(28)34)24(37)32-19(25(38)33-20(26(39)40)11-22(29)35)10-14-12-30-17-6-4-3-5-15(14)17/h3-6,12-13,16,18-20,30H,7-11,27H2,1-2H3,(H2,28,34)(H2,29,35)(H,31,36)(H,32,37)(H,33,38)(H,39,40). The summed E-state index contributed by atoms with van der Waals surface area (Å²) in [5, 5.41) is 17.5. The molecule has 1 aromatic carbocycles. The number of carbonyl (C=O) groups is 6. The van der Waals surface area contributed by atoms with Gasteiger partial charge in [-0.05, 0) is 30.4 Å². The molecule has 0 saturated carbocycles. The third-order valence-electron chi connectivity index (χ3n) is 6.13. The van der Waals surface area contributed by atoms with Crippen LogP contribution in [0.3, 0.4) is 0 Å². The lowest BCUT2D eigenvalue weighted by Crippen LogP contribution is -2.58. The number of nitrogens with one attached hydrogen (secondary N) is 4. The van der Waals surface area contributed by atoms with Crippen molar-refractivity contribution in [3.8, 4) is 0 Å². The highest BCUT2D eigenvalue weighted by molar-refractivity contribution is 5.95. The first-order chi connectivity index (χ1) is 18.8. The van der Waals surface area contributed by atoms with E-state index in [2.05, 4.69) is 20.9 Å². The van der Waals surface area contributed by atoms with E-state index in [1.807, 2.05) is 26.0 Å². The summed E-state index contributed by atoms with van der Waals surface area (Å²) in [4.78, 5) is 76.7. The topological polar surface area (TPSA) is 253 Å². The van der Waals surface area contributed by atoms with Crippen LogP contribution >= 0.6 is 0 Å². The molecule has 14 heteroatoms. The number of benzene rings is 1. The van der Waals surface area contributed by atoms with Crippen LogP contribution in [0, 0.1) is 5.92 Å². The molecule has 4 atom stereocenters. The van der Waals surface area contributed by atoms with Crippen LogP contribution in [0.4, 0.5) is 0 Å². The van der Waals surface area contributed by atoms with Crippen molar-refractivity contribution >= 4 is 46.4 Å². The predicted octanol–water partition coefficient (Wildman–Crippen LogP) is -1.24. The molecule has 2 aromatic rings. The highest BCUT2D eigenvalue weighted by Crippen LogP contribution is 2.19. The van der Waals surface area contributed by atoms with Crippen molar-refractivity contribution in [3.05, 3.63) is 36.0 Å². The minimum atomic E-state index is -1.63. The fraction of sp³-hybridized carbons (Fsp3) is 0.462. The van der Waals surface area contributed by atoms with Crippen molar-refractivity contribution in [2.45, 2.75) is 70.1 Å². The largest absolute Gasteiger partial charge is 0.480 e. The van der Waals surface area contributed by atoms with Gasteiger partial charge in [-0.2, -0.15) is 0 Å². The molecule has 40 heavy (non-hydrogen) atoms. The Bertz CT molecular complexity index is 1240. The van der Waals surface area contributed by atoms with E-state index in [1.165, 1.54) is 0 Å². The number of hydrogen-bond acceptors (Lipinski definition) is 7. The molecule has 1 heterocycles. The second-order valence-electron chi connectivity index (χ2n) is 10.00. The Hall–Kier alpha value is -4.46. The average Bonchev–Trinajstić information content (AvgIpc) is 3.27. The zero-order chi connectivity index (χ0) is 30.0. The highest BCUT2D eigenvalue weighted by Gasteiger charge is 2.31. The van der Waals surface area contributed by atoms with Crippen molar-refractivity contribution in [1.29, 1.82) is 0 Å².